The Labute approximate surface area is 145 Å². The first-order valence-electron chi connectivity index (χ1n) is 7.66. The van der Waals surface area contributed by atoms with Crippen LogP contribution in [0.2, 0.25) is 0 Å². The van der Waals surface area contributed by atoms with E-state index in [0.717, 1.165) is 5.56 Å². The molecular formula is C18H20N2O5. The largest absolute Gasteiger partial charge is 0.457 e. The van der Waals surface area contributed by atoms with Gasteiger partial charge in [0.2, 0.25) is 0 Å². The second-order valence-corrected chi connectivity index (χ2v) is 6.51. The fourth-order valence-corrected chi connectivity index (χ4v) is 1.98. The number of nitro benzene ring substituents is 1. The molecule has 0 heterocycles. The van der Waals surface area contributed by atoms with Crippen LogP contribution in [-0.2, 0) is 4.74 Å². The molecule has 0 unspecified atom stereocenters. The molecule has 0 atom stereocenters. The summed E-state index contributed by atoms with van der Waals surface area (Å²) in [5, 5.41) is 13.6. The number of hydrogen-bond acceptors (Lipinski definition) is 5. The van der Waals surface area contributed by atoms with Crippen LogP contribution in [0.5, 0.6) is 11.5 Å². The molecule has 0 saturated carbocycles. The maximum atomic E-state index is 11.9. The number of amides is 1. The van der Waals surface area contributed by atoms with Crippen LogP contribution < -0.4 is 10.1 Å². The number of benzene rings is 2. The molecule has 0 aromatic heterocycles. The molecule has 7 nitrogen and oxygen atoms in total. The first-order chi connectivity index (χ1) is 11.6. The monoisotopic (exact) mass is 344 g/mol. The van der Waals surface area contributed by atoms with E-state index in [-0.39, 0.29) is 17.1 Å². The zero-order valence-electron chi connectivity index (χ0n) is 14.5. The topological polar surface area (TPSA) is 90.7 Å². The van der Waals surface area contributed by atoms with Gasteiger partial charge in [0, 0.05) is 12.1 Å². The van der Waals surface area contributed by atoms with Crippen LogP contribution in [0.15, 0.2) is 42.5 Å². The van der Waals surface area contributed by atoms with Crippen LogP contribution in [0.3, 0.4) is 0 Å². The number of nitrogens with zero attached hydrogens (tertiary/aromatic N) is 1. The number of nitro groups is 1. The van der Waals surface area contributed by atoms with Crippen molar-refractivity contribution in [3.63, 3.8) is 0 Å². The minimum absolute atomic E-state index is 0.198. The quantitative estimate of drug-likeness (QED) is 0.619. The van der Waals surface area contributed by atoms with Crippen LogP contribution in [0.25, 0.3) is 0 Å². The minimum atomic E-state index is -0.700. The number of hydrogen-bond donors (Lipinski definition) is 1. The summed E-state index contributed by atoms with van der Waals surface area (Å²) in [4.78, 5) is 22.4. The second-order valence-electron chi connectivity index (χ2n) is 6.51. The second kappa shape index (κ2) is 7.21. The predicted molar refractivity (Wildman–Crippen MR) is 94.2 cm³/mol. The van der Waals surface area contributed by atoms with Gasteiger partial charge in [-0.3, -0.25) is 15.4 Å². The third-order valence-corrected chi connectivity index (χ3v) is 3.00. The van der Waals surface area contributed by atoms with Crippen molar-refractivity contribution in [1.82, 2.24) is 0 Å². The Morgan fingerprint density at radius 2 is 1.72 bits per heavy atom. The van der Waals surface area contributed by atoms with Gasteiger partial charge in [-0.1, -0.05) is 17.7 Å². The van der Waals surface area contributed by atoms with E-state index >= 15 is 0 Å². The lowest BCUT2D eigenvalue weighted by Gasteiger charge is -2.19. The van der Waals surface area contributed by atoms with Gasteiger partial charge in [-0.15, -0.1) is 0 Å². The molecule has 132 valence electrons. The molecule has 0 fully saturated rings. The van der Waals surface area contributed by atoms with Crippen molar-refractivity contribution in [2.75, 3.05) is 5.32 Å². The van der Waals surface area contributed by atoms with Gasteiger partial charge >= 0.3 is 6.09 Å². The standard InChI is InChI=1S/C18H20N2O5/c1-12-5-7-15(8-6-12)24-16-10-13(9-14(11-16)20(22)23)19-17(21)25-18(2,3)4/h5-11H,1-4H3,(H,19,21). The van der Waals surface area contributed by atoms with Crippen LogP contribution in [-0.4, -0.2) is 16.6 Å². The molecular weight excluding hydrogens is 324 g/mol. The van der Waals surface area contributed by atoms with E-state index in [4.69, 9.17) is 9.47 Å². The molecule has 0 bridgehead atoms. The normalized spacial score (nSPS) is 10.9. The van der Waals surface area contributed by atoms with Gasteiger partial charge in [0.25, 0.3) is 5.69 Å². The van der Waals surface area contributed by atoms with Gasteiger partial charge in [-0.25, -0.2) is 4.79 Å². The Kier molecular flexibility index (Phi) is 5.26. The van der Waals surface area contributed by atoms with E-state index in [1.54, 1.807) is 32.9 Å². The maximum absolute atomic E-state index is 11.9. The van der Waals surface area contributed by atoms with Gasteiger partial charge in [0.1, 0.15) is 17.1 Å². The van der Waals surface area contributed by atoms with Gasteiger partial charge in [-0.05, 0) is 39.8 Å². The molecule has 0 aliphatic rings. The molecule has 0 spiro atoms. The summed E-state index contributed by atoms with van der Waals surface area (Å²) in [6.07, 6.45) is -0.700. The van der Waals surface area contributed by atoms with E-state index in [1.165, 1.54) is 18.2 Å². The first-order valence-corrected chi connectivity index (χ1v) is 7.66. The molecule has 2 rings (SSSR count). The summed E-state index contributed by atoms with van der Waals surface area (Å²) in [6.45, 7) is 7.13. The van der Waals surface area contributed by atoms with Crippen molar-refractivity contribution >= 4 is 17.5 Å². The Balaban J connectivity index is 2.25. The van der Waals surface area contributed by atoms with Crippen molar-refractivity contribution in [3.05, 3.63) is 58.1 Å². The summed E-state index contributed by atoms with van der Waals surface area (Å²) in [5.74, 6) is 0.776. The Hall–Kier alpha value is -3.09. The van der Waals surface area contributed by atoms with Crippen molar-refractivity contribution in [2.45, 2.75) is 33.3 Å². The van der Waals surface area contributed by atoms with Crippen molar-refractivity contribution in [2.24, 2.45) is 0 Å². The zero-order valence-corrected chi connectivity index (χ0v) is 14.5. The lowest BCUT2D eigenvalue weighted by Crippen LogP contribution is -2.27. The molecule has 0 aliphatic heterocycles. The number of non-ortho nitro benzene ring substituents is 1. The Bertz CT molecular complexity index is 779. The average molecular weight is 344 g/mol. The lowest BCUT2D eigenvalue weighted by molar-refractivity contribution is -0.384. The number of rotatable bonds is 4. The van der Waals surface area contributed by atoms with Crippen molar-refractivity contribution in [3.8, 4) is 11.5 Å². The van der Waals surface area contributed by atoms with Crippen LogP contribution in [0, 0.1) is 17.0 Å². The van der Waals surface area contributed by atoms with Gasteiger partial charge in [-0.2, -0.15) is 0 Å². The van der Waals surface area contributed by atoms with E-state index in [9.17, 15) is 14.9 Å². The number of carbonyl (C=O) groups is 1. The highest BCUT2D eigenvalue weighted by molar-refractivity contribution is 5.85. The molecule has 7 heteroatoms. The third-order valence-electron chi connectivity index (χ3n) is 3.00. The number of aryl methyl sites for hydroxylation is 1. The van der Waals surface area contributed by atoms with E-state index < -0.39 is 16.6 Å². The smallest absolute Gasteiger partial charge is 0.412 e. The van der Waals surface area contributed by atoms with Crippen LogP contribution >= 0.6 is 0 Å². The molecule has 0 radical (unpaired) electrons. The third kappa shape index (κ3) is 5.80. The summed E-state index contributed by atoms with van der Waals surface area (Å²) in [5.41, 5.74) is 0.409. The summed E-state index contributed by atoms with van der Waals surface area (Å²) >= 11 is 0. The highest BCUT2D eigenvalue weighted by atomic mass is 16.6. The van der Waals surface area contributed by atoms with E-state index in [1.807, 2.05) is 19.1 Å². The number of nitrogens with one attached hydrogen (secondary N) is 1. The van der Waals surface area contributed by atoms with E-state index in [0.29, 0.717) is 5.75 Å². The van der Waals surface area contributed by atoms with Crippen molar-refractivity contribution < 1.29 is 19.2 Å². The molecule has 0 aliphatic carbocycles. The number of carbonyl (C=O) groups excluding carboxylic acids is 1. The highest BCUT2D eigenvalue weighted by Crippen LogP contribution is 2.30. The lowest BCUT2D eigenvalue weighted by atomic mass is 10.2. The fraction of sp³-hybridized carbons (Fsp3) is 0.278. The first kappa shape index (κ1) is 18.3. The molecule has 0 saturated heterocycles. The minimum Gasteiger partial charge on any atom is -0.457 e. The van der Waals surface area contributed by atoms with Gasteiger partial charge in [0.05, 0.1) is 16.7 Å². The Morgan fingerprint density at radius 3 is 2.28 bits per heavy atom. The number of anilines is 1. The van der Waals surface area contributed by atoms with Gasteiger partial charge < -0.3 is 9.47 Å². The SMILES string of the molecule is Cc1ccc(Oc2cc(NC(=O)OC(C)(C)C)cc([N+](=O)[O-])c2)cc1. The van der Waals surface area contributed by atoms with E-state index in [2.05, 4.69) is 5.32 Å². The zero-order chi connectivity index (χ0) is 18.6. The average Bonchev–Trinajstić information content (AvgIpc) is 2.47. The summed E-state index contributed by atoms with van der Waals surface area (Å²) < 4.78 is 10.8. The molecule has 1 amide bonds. The summed E-state index contributed by atoms with van der Waals surface area (Å²) in [7, 11) is 0. The molecule has 2 aromatic carbocycles. The van der Waals surface area contributed by atoms with Crippen molar-refractivity contribution in [1.29, 1.82) is 0 Å². The highest BCUT2D eigenvalue weighted by Gasteiger charge is 2.18. The summed E-state index contributed by atoms with van der Waals surface area (Å²) in [6, 6.07) is 11.3. The Morgan fingerprint density at radius 1 is 1.08 bits per heavy atom. The van der Waals surface area contributed by atoms with Gasteiger partial charge in [0.15, 0.2) is 0 Å². The molecule has 1 N–H and O–H groups in total. The predicted octanol–water partition coefficient (Wildman–Crippen LogP) is 5.04. The maximum Gasteiger partial charge on any atom is 0.412 e. The van der Waals surface area contributed by atoms with Crippen LogP contribution in [0.4, 0.5) is 16.2 Å². The number of ether oxygens (including phenoxy) is 2. The van der Waals surface area contributed by atoms with Crippen LogP contribution in [0.1, 0.15) is 26.3 Å². The molecule has 2 aromatic rings. The molecule has 25 heavy (non-hydrogen) atoms. The fourth-order valence-electron chi connectivity index (χ4n) is 1.98.